The molecule has 0 fully saturated rings. The first-order valence-electron chi connectivity index (χ1n) is 6.84. The van der Waals surface area contributed by atoms with Crippen molar-refractivity contribution in [3.05, 3.63) is 56.6 Å². The van der Waals surface area contributed by atoms with Gasteiger partial charge in [-0.05, 0) is 60.7 Å². The van der Waals surface area contributed by atoms with Gasteiger partial charge < -0.3 is 5.73 Å². The lowest BCUT2D eigenvalue weighted by molar-refractivity contribution is 0.740. The third kappa shape index (κ3) is 1.88. The number of hydrogen-bond acceptors (Lipinski definition) is 1. The number of benzene rings is 2. The Morgan fingerprint density at radius 1 is 1.00 bits per heavy atom. The predicted molar refractivity (Wildman–Crippen MR) is 86.9 cm³/mol. The number of hydrogen-bond donors (Lipinski definition) is 1. The Hall–Kier alpha value is -1.02. The van der Waals surface area contributed by atoms with Gasteiger partial charge in [-0.1, -0.05) is 41.4 Å². The van der Waals surface area contributed by atoms with E-state index in [1.807, 2.05) is 6.07 Å². The molecule has 2 aromatic rings. The first-order chi connectivity index (χ1) is 9.56. The molecule has 1 atom stereocenters. The lowest BCUT2D eigenvalue weighted by Crippen LogP contribution is -2.06. The third-order valence-corrected chi connectivity index (χ3v) is 5.16. The van der Waals surface area contributed by atoms with Crippen molar-refractivity contribution in [1.82, 2.24) is 0 Å². The van der Waals surface area contributed by atoms with Crippen LogP contribution in [0.2, 0.25) is 10.0 Å². The van der Waals surface area contributed by atoms with Crippen LogP contribution in [0.1, 0.15) is 34.6 Å². The lowest BCUT2D eigenvalue weighted by atomic mass is 9.92. The molecule has 0 radical (unpaired) electrons. The molecule has 3 heteroatoms. The predicted octanol–water partition coefficient (Wildman–Crippen LogP) is 5.07. The van der Waals surface area contributed by atoms with Crippen LogP contribution < -0.4 is 5.73 Å². The number of fused-ring (bicyclic) bond motifs is 3. The minimum Gasteiger partial charge on any atom is -0.330 e. The molecular formula is C17H17Cl2N. The van der Waals surface area contributed by atoms with Gasteiger partial charge in [0.2, 0.25) is 0 Å². The van der Waals surface area contributed by atoms with E-state index in [-0.39, 0.29) is 0 Å². The Balaban J connectivity index is 2.36. The van der Waals surface area contributed by atoms with Crippen molar-refractivity contribution in [3.8, 4) is 11.1 Å². The van der Waals surface area contributed by atoms with E-state index in [0.29, 0.717) is 22.5 Å². The van der Waals surface area contributed by atoms with Crippen molar-refractivity contribution in [3.63, 3.8) is 0 Å². The maximum absolute atomic E-state index is 6.49. The largest absolute Gasteiger partial charge is 0.330 e. The molecule has 0 amide bonds. The summed E-state index contributed by atoms with van der Waals surface area (Å²) >= 11 is 12.7. The van der Waals surface area contributed by atoms with Crippen LogP contribution in [0, 0.1) is 13.8 Å². The smallest absolute Gasteiger partial charge is 0.0673 e. The van der Waals surface area contributed by atoms with Crippen LogP contribution in [0.4, 0.5) is 0 Å². The number of halogens is 2. The fraction of sp³-hybridized carbons (Fsp3) is 0.294. The Labute approximate surface area is 129 Å². The highest BCUT2D eigenvalue weighted by Crippen LogP contribution is 2.52. The van der Waals surface area contributed by atoms with Crippen molar-refractivity contribution in [2.75, 3.05) is 6.54 Å². The monoisotopic (exact) mass is 305 g/mol. The zero-order valence-corrected chi connectivity index (χ0v) is 13.1. The van der Waals surface area contributed by atoms with E-state index < -0.39 is 0 Å². The Morgan fingerprint density at radius 2 is 1.65 bits per heavy atom. The number of aryl methyl sites for hydroxylation is 1. The molecule has 0 saturated heterocycles. The summed E-state index contributed by atoms with van der Waals surface area (Å²) in [4.78, 5) is 0. The molecule has 1 unspecified atom stereocenters. The Morgan fingerprint density at radius 3 is 2.35 bits per heavy atom. The summed E-state index contributed by atoms with van der Waals surface area (Å²) in [6.07, 6.45) is 0.931. The fourth-order valence-corrected chi connectivity index (χ4v) is 3.64. The summed E-state index contributed by atoms with van der Waals surface area (Å²) in [5.41, 5.74) is 13.3. The fourth-order valence-electron chi connectivity index (χ4n) is 3.21. The summed E-state index contributed by atoms with van der Waals surface area (Å²) < 4.78 is 0. The molecule has 3 rings (SSSR count). The first kappa shape index (κ1) is 13.9. The molecule has 0 spiro atoms. The van der Waals surface area contributed by atoms with E-state index in [1.165, 1.54) is 27.8 Å². The minimum absolute atomic E-state index is 0.332. The zero-order chi connectivity index (χ0) is 14.4. The van der Waals surface area contributed by atoms with Gasteiger partial charge in [-0.3, -0.25) is 0 Å². The van der Waals surface area contributed by atoms with Gasteiger partial charge in [0, 0.05) is 11.5 Å². The van der Waals surface area contributed by atoms with Crippen LogP contribution in [-0.4, -0.2) is 6.54 Å². The number of rotatable bonds is 2. The average Bonchev–Trinajstić information content (AvgIpc) is 2.74. The molecule has 0 aromatic heterocycles. The maximum Gasteiger partial charge on any atom is 0.0673 e. The van der Waals surface area contributed by atoms with Crippen LogP contribution >= 0.6 is 23.2 Å². The summed E-state index contributed by atoms with van der Waals surface area (Å²) in [5.74, 6) is 0.332. The van der Waals surface area contributed by atoms with Gasteiger partial charge in [-0.2, -0.15) is 0 Å². The molecule has 2 aromatic carbocycles. The van der Waals surface area contributed by atoms with Gasteiger partial charge in [0.15, 0.2) is 0 Å². The summed E-state index contributed by atoms with van der Waals surface area (Å²) in [6, 6.07) is 8.38. The van der Waals surface area contributed by atoms with Gasteiger partial charge in [0.25, 0.3) is 0 Å². The van der Waals surface area contributed by atoms with Crippen molar-refractivity contribution in [2.45, 2.75) is 26.2 Å². The van der Waals surface area contributed by atoms with Crippen molar-refractivity contribution in [1.29, 1.82) is 0 Å². The van der Waals surface area contributed by atoms with Crippen LogP contribution in [-0.2, 0) is 0 Å². The topological polar surface area (TPSA) is 26.0 Å². The maximum atomic E-state index is 6.49. The molecule has 2 N–H and O–H groups in total. The van der Waals surface area contributed by atoms with Gasteiger partial charge >= 0.3 is 0 Å². The van der Waals surface area contributed by atoms with Gasteiger partial charge in [0.05, 0.1) is 10.0 Å². The quantitative estimate of drug-likeness (QED) is 0.823. The Bertz CT molecular complexity index is 634. The van der Waals surface area contributed by atoms with Gasteiger partial charge in [-0.25, -0.2) is 0 Å². The third-order valence-electron chi connectivity index (χ3n) is 4.35. The molecule has 1 nitrogen and oxygen atoms in total. The highest BCUT2D eigenvalue weighted by atomic mass is 35.5. The highest BCUT2D eigenvalue weighted by molar-refractivity contribution is 6.44. The molecule has 0 bridgehead atoms. The second kappa shape index (κ2) is 5.07. The zero-order valence-electron chi connectivity index (χ0n) is 11.6. The summed E-state index contributed by atoms with van der Waals surface area (Å²) in [6.45, 7) is 4.95. The normalized spacial score (nSPS) is 16.1. The Kier molecular flexibility index (Phi) is 3.53. The molecule has 104 valence electrons. The van der Waals surface area contributed by atoms with Crippen molar-refractivity contribution < 1.29 is 0 Å². The van der Waals surface area contributed by atoms with Crippen LogP contribution in [0.5, 0.6) is 0 Å². The highest BCUT2D eigenvalue weighted by Gasteiger charge is 2.32. The van der Waals surface area contributed by atoms with Crippen molar-refractivity contribution in [2.24, 2.45) is 5.73 Å². The molecule has 0 heterocycles. The van der Waals surface area contributed by atoms with E-state index in [1.54, 1.807) is 0 Å². The van der Waals surface area contributed by atoms with E-state index in [2.05, 4.69) is 32.0 Å². The van der Waals surface area contributed by atoms with Crippen LogP contribution in [0.25, 0.3) is 11.1 Å². The SMILES string of the molecule is Cc1ccc2c(c1C)-c1c(ccc(Cl)c1Cl)C2CCN. The summed E-state index contributed by atoms with van der Waals surface area (Å²) in [7, 11) is 0. The second-order valence-corrected chi connectivity index (χ2v) is 6.21. The molecular weight excluding hydrogens is 289 g/mol. The van der Waals surface area contributed by atoms with E-state index in [4.69, 9.17) is 28.9 Å². The minimum atomic E-state index is 0.332. The van der Waals surface area contributed by atoms with Gasteiger partial charge in [0.1, 0.15) is 0 Å². The molecule has 0 saturated carbocycles. The number of nitrogens with two attached hydrogens (primary N) is 1. The summed E-state index contributed by atoms with van der Waals surface area (Å²) in [5, 5.41) is 1.28. The van der Waals surface area contributed by atoms with E-state index in [0.717, 1.165) is 12.0 Å². The molecule has 20 heavy (non-hydrogen) atoms. The van der Waals surface area contributed by atoms with E-state index in [9.17, 15) is 0 Å². The first-order valence-corrected chi connectivity index (χ1v) is 7.60. The van der Waals surface area contributed by atoms with Crippen molar-refractivity contribution >= 4 is 23.2 Å². The second-order valence-electron chi connectivity index (χ2n) is 5.43. The molecule has 1 aliphatic carbocycles. The average molecular weight is 306 g/mol. The van der Waals surface area contributed by atoms with E-state index >= 15 is 0 Å². The standard InChI is InChI=1S/C17H17Cl2N/c1-9-3-4-12-11(7-8-20)13-5-6-14(18)17(19)16(13)15(12)10(9)2/h3-6,11H,7-8,20H2,1-2H3. The van der Waals surface area contributed by atoms with Crippen LogP contribution in [0.3, 0.4) is 0 Å². The lowest BCUT2D eigenvalue weighted by Gasteiger charge is -2.13. The molecule has 0 aliphatic heterocycles. The van der Waals surface area contributed by atoms with Gasteiger partial charge in [-0.15, -0.1) is 0 Å². The molecule has 1 aliphatic rings. The van der Waals surface area contributed by atoms with Crippen LogP contribution in [0.15, 0.2) is 24.3 Å².